The van der Waals surface area contributed by atoms with Gasteiger partial charge < -0.3 is 4.90 Å². The van der Waals surface area contributed by atoms with E-state index in [1.807, 2.05) is 30.0 Å². The number of thiophene rings is 1. The van der Waals surface area contributed by atoms with Gasteiger partial charge >= 0.3 is 0 Å². The van der Waals surface area contributed by atoms with Crippen molar-refractivity contribution < 1.29 is 4.79 Å². The molecule has 0 aliphatic carbocycles. The zero-order valence-electron chi connectivity index (χ0n) is 16.9. The van der Waals surface area contributed by atoms with Crippen LogP contribution >= 0.6 is 23.1 Å². The molecule has 4 rings (SSSR count). The van der Waals surface area contributed by atoms with Gasteiger partial charge in [-0.3, -0.25) is 9.20 Å². The van der Waals surface area contributed by atoms with Crippen molar-refractivity contribution in [3.05, 3.63) is 58.7 Å². The van der Waals surface area contributed by atoms with E-state index in [0.717, 1.165) is 28.4 Å². The third kappa shape index (κ3) is 4.02. The zero-order chi connectivity index (χ0) is 20.4. The van der Waals surface area contributed by atoms with Gasteiger partial charge in [0.2, 0.25) is 5.91 Å². The zero-order valence-corrected chi connectivity index (χ0v) is 18.5. The van der Waals surface area contributed by atoms with Gasteiger partial charge in [-0.2, -0.15) is 0 Å². The first kappa shape index (κ1) is 19.9. The Hall–Kier alpha value is -2.38. The van der Waals surface area contributed by atoms with Crippen LogP contribution in [0.25, 0.3) is 15.7 Å². The first-order chi connectivity index (χ1) is 14.1. The number of hydrogen-bond acceptors (Lipinski definition) is 5. The second-order valence-electron chi connectivity index (χ2n) is 6.93. The molecule has 0 spiro atoms. The Morgan fingerprint density at radius 2 is 1.93 bits per heavy atom. The van der Waals surface area contributed by atoms with Crippen LogP contribution in [0.4, 0.5) is 0 Å². The van der Waals surface area contributed by atoms with Gasteiger partial charge in [-0.25, -0.2) is 0 Å². The molecule has 0 fully saturated rings. The highest BCUT2D eigenvalue weighted by Crippen LogP contribution is 2.33. The summed E-state index contributed by atoms with van der Waals surface area (Å²) in [6.07, 6.45) is 0.812. The van der Waals surface area contributed by atoms with E-state index in [2.05, 4.69) is 52.7 Å². The van der Waals surface area contributed by atoms with Crippen LogP contribution in [0.15, 0.2) is 47.5 Å². The number of benzene rings is 1. The second-order valence-corrected chi connectivity index (χ2v) is 9.18. The summed E-state index contributed by atoms with van der Waals surface area (Å²) in [6.45, 7) is 7.55. The maximum atomic E-state index is 12.8. The minimum atomic E-state index is 0.116. The van der Waals surface area contributed by atoms with E-state index in [4.69, 9.17) is 0 Å². The molecule has 1 aromatic carbocycles. The molecular weight excluding hydrogens is 400 g/mol. The summed E-state index contributed by atoms with van der Waals surface area (Å²) in [6, 6.07) is 14.5. The van der Waals surface area contributed by atoms with Gasteiger partial charge in [0.15, 0.2) is 0 Å². The lowest BCUT2D eigenvalue weighted by atomic mass is 10.2. The molecule has 5 nitrogen and oxygen atoms in total. The molecule has 0 radical (unpaired) electrons. The van der Waals surface area contributed by atoms with Crippen molar-refractivity contribution in [3.63, 3.8) is 0 Å². The van der Waals surface area contributed by atoms with Crippen molar-refractivity contribution in [2.45, 2.75) is 38.8 Å². The molecule has 0 saturated heterocycles. The topological polar surface area (TPSA) is 50.5 Å². The first-order valence-corrected chi connectivity index (χ1v) is 11.6. The Balaban J connectivity index is 1.56. The quantitative estimate of drug-likeness (QED) is 0.394. The molecule has 0 N–H and O–H groups in total. The molecule has 3 heterocycles. The number of nitrogens with zero attached hydrogens (tertiary/aromatic N) is 4. The number of thioether (sulfide) groups is 1. The Kier molecular flexibility index (Phi) is 5.87. The molecule has 0 atom stereocenters. The van der Waals surface area contributed by atoms with Crippen LogP contribution in [0.2, 0.25) is 0 Å². The van der Waals surface area contributed by atoms with E-state index in [0.29, 0.717) is 18.8 Å². The van der Waals surface area contributed by atoms with Crippen molar-refractivity contribution in [1.29, 1.82) is 0 Å². The van der Waals surface area contributed by atoms with Crippen LogP contribution < -0.4 is 0 Å². The number of amides is 1. The Morgan fingerprint density at radius 1 is 1.14 bits per heavy atom. The highest BCUT2D eigenvalue weighted by Gasteiger charge is 2.18. The van der Waals surface area contributed by atoms with E-state index < -0.39 is 0 Å². The van der Waals surface area contributed by atoms with E-state index in [-0.39, 0.29) is 5.91 Å². The minimum Gasteiger partial charge on any atom is -0.338 e. The van der Waals surface area contributed by atoms with E-state index >= 15 is 0 Å². The third-order valence-corrected chi connectivity index (χ3v) is 6.89. The van der Waals surface area contributed by atoms with Gasteiger partial charge in [-0.1, -0.05) is 49.0 Å². The van der Waals surface area contributed by atoms with Gasteiger partial charge in [-0.15, -0.1) is 21.5 Å². The molecular formula is C22H24N4OS2. The fourth-order valence-corrected chi connectivity index (χ4v) is 5.27. The highest BCUT2D eigenvalue weighted by atomic mass is 32.2. The molecule has 3 aromatic heterocycles. The largest absolute Gasteiger partial charge is 0.338 e. The van der Waals surface area contributed by atoms with Crippen LogP contribution in [0.3, 0.4) is 0 Å². The summed E-state index contributed by atoms with van der Waals surface area (Å²) in [5.41, 5.74) is 3.37. The fraction of sp³-hybridized carbons (Fsp3) is 0.318. The summed E-state index contributed by atoms with van der Waals surface area (Å²) in [4.78, 5) is 16.0. The fourth-order valence-electron chi connectivity index (χ4n) is 3.48. The van der Waals surface area contributed by atoms with Crippen LogP contribution in [0.5, 0.6) is 0 Å². The molecule has 0 aliphatic heterocycles. The Bertz CT molecular complexity index is 1150. The monoisotopic (exact) mass is 424 g/mol. The van der Waals surface area contributed by atoms with Crippen LogP contribution in [-0.2, 0) is 17.8 Å². The summed E-state index contributed by atoms with van der Waals surface area (Å²) < 4.78 is 3.43. The number of aromatic nitrogens is 3. The molecule has 4 aromatic rings. The summed E-state index contributed by atoms with van der Waals surface area (Å²) in [7, 11) is 0. The highest BCUT2D eigenvalue weighted by molar-refractivity contribution is 8.00. The Labute approximate surface area is 178 Å². The molecule has 29 heavy (non-hydrogen) atoms. The molecule has 0 saturated carbocycles. The van der Waals surface area contributed by atoms with Crippen molar-refractivity contribution in [2.24, 2.45) is 0 Å². The summed E-state index contributed by atoms with van der Waals surface area (Å²) in [5.74, 6) is 1.42. The average Bonchev–Trinajstić information content (AvgIpc) is 3.27. The molecule has 0 bridgehead atoms. The summed E-state index contributed by atoms with van der Waals surface area (Å²) >= 11 is 3.25. The maximum Gasteiger partial charge on any atom is 0.233 e. The number of carbonyl (C=O) groups is 1. The minimum absolute atomic E-state index is 0.116. The van der Waals surface area contributed by atoms with Crippen LogP contribution in [0, 0.1) is 6.92 Å². The van der Waals surface area contributed by atoms with E-state index in [1.165, 1.54) is 26.9 Å². The van der Waals surface area contributed by atoms with Gasteiger partial charge in [0.1, 0.15) is 10.9 Å². The predicted molar refractivity (Wildman–Crippen MR) is 121 cm³/mol. The van der Waals surface area contributed by atoms with Gasteiger partial charge in [0.25, 0.3) is 0 Å². The summed E-state index contributed by atoms with van der Waals surface area (Å²) in [5, 5.41) is 9.69. The number of carbonyl (C=O) groups excluding carboxylic acids is 1. The maximum absolute atomic E-state index is 12.8. The average molecular weight is 425 g/mol. The van der Waals surface area contributed by atoms with Crippen molar-refractivity contribution in [1.82, 2.24) is 19.5 Å². The number of fused-ring (bicyclic) bond motifs is 3. The van der Waals surface area contributed by atoms with Gasteiger partial charge in [0.05, 0.1) is 21.5 Å². The number of rotatable bonds is 7. The first-order valence-electron chi connectivity index (χ1n) is 9.82. The van der Waals surface area contributed by atoms with Crippen LogP contribution in [0.1, 0.15) is 30.1 Å². The predicted octanol–water partition coefficient (Wildman–Crippen LogP) is 4.96. The SMILES string of the molecule is CCc1nnc(SCC(=O)N(CC)Cc2ccccc2)c2cc3sc(C)cc3n12. The lowest BCUT2D eigenvalue weighted by Crippen LogP contribution is -2.31. The number of hydrogen-bond donors (Lipinski definition) is 0. The Morgan fingerprint density at radius 3 is 2.66 bits per heavy atom. The molecule has 0 unspecified atom stereocenters. The lowest BCUT2D eigenvalue weighted by molar-refractivity contribution is -0.128. The molecule has 1 amide bonds. The van der Waals surface area contributed by atoms with Gasteiger partial charge in [-0.05, 0) is 31.5 Å². The van der Waals surface area contributed by atoms with E-state index in [9.17, 15) is 4.79 Å². The standard InChI is InChI=1S/C22H24N4OS2/c1-4-20-23-24-22(18-12-19-17(26(18)20)11-15(3)29-19)28-14-21(27)25(5-2)13-16-9-7-6-8-10-16/h6-12H,4-5,13-14H2,1-3H3. The van der Waals surface area contributed by atoms with E-state index in [1.54, 1.807) is 11.3 Å². The van der Waals surface area contributed by atoms with Crippen LogP contribution in [-0.4, -0.2) is 37.7 Å². The molecule has 0 aliphatic rings. The van der Waals surface area contributed by atoms with Crippen molar-refractivity contribution >= 4 is 44.7 Å². The second kappa shape index (κ2) is 8.55. The normalized spacial score (nSPS) is 11.4. The van der Waals surface area contributed by atoms with Crippen molar-refractivity contribution in [3.8, 4) is 0 Å². The molecule has 150 valence electrons. The lowest BCUT2D eigenvalue weighted by Gasteiger charge is -2.20. The van der Waals surface area contributed by atoms with Crippen molar-refractivity contribution in [2.75, 3.05) is 12.3 Å². The molecule has 7 heteroatoms. The smallest absolute Gasteiger partial charge is 0.233 e. The number of aryl methyl sites for hydroxylation is 2. The third-order valence-electron chi connectivity index (χ3n) is 4.95. The van der Waals surface area contributed by atoms with Gasteiger partial charge in [0, 0.05) is 24.4 Å².